The molecule has 0 saturated carbocycles. The highest BCUT2D eigenvalue weighted by Crippen LogP contribution is 2.37. The lowest BCUT2D eigenvalue weighted by Crippen LogP contribution is -2.42. The molecule has 0 bridgehead atoms. The van der Waals surface area contributed by atoms with E-state index >= 15 is 0 Å². The summed E-state index contributed by atoms with van der Waals surface area (Å²) in [4.78, 5) is 50.7. The van der Waals surface area contributed by atoms with Crippen molar-refractivity contribution < 1.29 is 19.1 Å². The van der Waals surface area contributed by atoms with Crippen molar-refractivity contribution in [2.45, 2.75) is 13.5 Å². The molecule has 0 saturated heterocycles. The molecule has 1 aliphatic heterocycles. The van der Waals surface area contributed by atoms with Crippen molar-refractivity contribution in [1.82, 2.24) is 14.9 Å². The monoisotopic (exact) mass is 472 g/mol. The summed E-state index contributed by atoms with van der Waals surface area (Å²) >= 11 is 1.35. The van der Waals surface area contributed by atoms with Gasteiger partial charge in [0.15, 0.2) is 5.13 Å². The van der Waals surface area contributed by atoms with E-state index in [0.29, 0.717) is 33.2 Å². The first kappa shape index (κ1) is 21.7. The number of carbonyl (C=O) groups is 3. The van der Waals surface area contributed by atoms with Crippen molar-refractivity contribution in [2.24, 2.45) is 0 Å². The number of imide groups is 1. The second kappa shape index (κ2) is 8.68. The molecular weight excluding hydrogens is 452 g/mol. The zero-order chi connectivity index (χ0) is 23.8. The van der Waals surface area contributed by atoms with Gasteiger partial charge in [-0.3, -0.25) is 29.2 Å². The van der Waals surface area contributed by atoms with E-state index in [0.717, 1.165) is 15.2 Å². The van der Waals surface area contributed by atoms with Gasteiger partial charge in [0.2, 0.25) is 5.91 Å². The zero-order valence-corrected chi connectivity index (χ0v) is 19.3. The SMILES string of the molecule is COc1ccc(C)c2sc(N(Cc3ccccn3)C(=O)CN3C(=O)c4ccccc4C3=O)nc12. The molecular formula is C25H20N4O4S. The molecule has 2 aromatic carbocycles. The molecule has 8 nitrogen and oxygen atoms in total. The lowest BCUT2D eigenvalue weighted by molar-refractivity contribution is -0.119. The minimum absolute atomic E-state index is 0.143. The molecule has 0 aliphatic carbocycles. The number of nitrogens with zero attached hydrogens (tertiary/aromatic N) is 4. The predicted molar refractivity (Wildman–Crippen MR) is 128 cm³/mol. The Labute approximate surface area is 199 Å². The Kier molecular flexibility index (Phi) is 5.54. The lowest BCUT2D eigenvalue weighted by Gasteiger charge is -2.22. The maximum absolute atomic E-state index is 13.5. The molecule has 5 rings (SSSR count). The largest absolute Gasteiger partial charge is 0.494 e. The van der Waals surface area contributed by atoms with Gasteiger partial charge < -0.3 is 4.74 Å². The summed E-state index contributed by atoms with van der Waals surface area (Å²) in [7, 11) is 1.57. The molecule has 0 spiro atoms. The van der Waals surface area contributed by atoms with E-state index in [2.05, 4.69) is 4.98 Å². The Bertz CT molecular complexity index is 1400. The van der Waals surface area contributed by atoms with Crippen molar-refractivity contribution in [3.05, 3.63) is 83.2 Å². The summed E-state index contributed by atoms with van der Waals surface area (Å²) in [5.74, 6) is -0.786. The summed E-state index contributed by atoms with van der Waals surface area (Å²) < 4.78 is 6.35. The number of ether oxygens (including phenoxy) is 1. The molecule has 0 N–H and O–H groups in total. The second-order valence-electron chi connectivity index (χ2n) is 7.80. The van der Waals surface area contributed by atoms with Crippen LogP contribution < -0.4 is 9.64 Å². The van der Waals surface area contributed by atoms with Crippen molar-refractivity contribution >= 4 is 44.4 Å². The molecule has 3 amide bonds. The van der Waals surface area contributed by atoms with Gasteiger partial charge in [-0.15, -0.1) is 0 Å². The average Bonchev–Trinajstić information content (AvgIpc) is 3.40. The van der Waals surface area contributed by atoms with E-state index in [4.69, 9.17) is 9.72 Å². The standard InChI is InChI=1S/C25H20N4O4S/c1-15-10-11-19(33-2)21-22(15)34-25(27-21)28(13-16-7-5-6-12-26-16)20(30)14-29-23(31)17-8-3-4-9-18(17)24(29)32/h3-12H,13-14H2,1-2H3. The van der Waals surface area contributed by atoms with E-state index in [1.807, 2.05) is 25.1 Å². The van der Waals surface area contributed by atoms with E-state index in [1.54, 1.807) is 49.7 Å². The highest BCUT2D eigenvalue weighted by atomic mass is 32.1. The predicted octanol–water partition coefficient (Wildman–Crippen LogP) is 3.84. The summed E-state index contributed by atoms with van der Waals surface area (Å²) in [6.45, 7) is 1.71. The third kappa shape index (κ3) is 3.69. The Morgan fingerprint density at radius 2 is 1.74 bits per heavy atom. The number of aromatic nitrogens is 2. The van der Waals surface area contributed by atoms with Crippen LogP contribution in [0.3, 0.4) is 0 Å². The van der Waals surface area contributed by atoms with Gasteiger partial charge in [-0.1, -0.05) is 35.6 Å². The fraction of sp³-hybridized carbons (Fsp3) is 0.160. The molecule has 170 valence electrons. The van der Waals surface area contributed by atoms with Crippen LogP contribution in [0.4, 0.5) is 5.13 Å². The molecule has 2 aromatic heterocycles. The second-order valence-corrected chi connectivity index (χ2v) is 8.78. The molecule has 9 heteroatoms. The van der Waals surface area contributed by atoms with Crippen LogP contribution >= 0.6 is 11.3 Å². The van der Waals surface area contributed by atoms with Crippen LogP contribution in [0.25, 0.3) is 10.2 Å². The minimum atomic E-state index is -0.478. The summed E-state index contributed by atoms with van der Waals surface area (Å²) in [6, 6.07) is 15.8. The van der Waals surface area contributed by atoms with Crippen LogP contribution in [0.5, 0.6) is 5.75 Å². The Morgan fingerprint density at radius 3 is 2.38 bits per heavy atom. The van der Waals surface area contributed by atoms with Crippen LogP contribution in [-0.4, -0.2) is 46.2 Å². The van der Waals surface area contributed by atoms with Gasteiger partial charge in [-0.05, 0) is 42.8 Å². The molecule has 4 aromatic rings. The Morgan fingerprint density at radius 1 is 1.03 bits per heavy atom. The van der Waals surface area contributed by atoms with Crippen molar-refractivity contribution in [1.29, 1.82) is 0 Å². The number of rotatable bonds is 6. The number of methoxy groups -OCH3 is 1. The molecule has 0 radical (unpaired) electrons. The maximum atomic E-state index is 13.5. The number of benzene rings is 2. The lowest BCUT2D eigenvalue weighted by atomic mass is 10.1. The Balaban J connectivity index is 1.52. The highest BCUT2D eigenvalue weighted by molar-refractivity contribution is 7.22. The van der Waals surface area contributed by atoms with Gasteiger partial charge in [0, 0.05) is 6.20 Å². The van der Waals surface area contributed by atoms with Gasteiger partial charge in [-0.2, -0.15) is 0 Å². The number of pyridine rings is 1. The average molecular weight is 473 g/mol. The summed E-state index contributed by atoms with van der Waals surface area (Å²) in [6.07, 6.45) is 1.65. The quantitative estimate of drug-likeness (QED) is 0.396. The molecule has 1 aliphatic rings. The summed E-state index contributed by atoms with van der Waals surface area (Å²) in [5, 5.41) is 0.440. The molecule has 34 heavy (non-hydrogen) atoms. The van der Waals surface area contributed by atoms with Crippen molar-refractivity contribution in [3.63, 3.8) is 0 Å². The van der Waals surface area contributed by atoms with Crippen LogP contribution in [0, 0.1) is 6.92 Å². The van der Waals surface area contributed by atoms with E-state index in [-0.39, 0.29) is 6.54 Å². The molecule has 3 heterocycles. The zero-order valence-electron chi connectivity index (χ0n) is 18.5. The van der Waals surface area contributed by atoms with Crippen molar-refractivity contribution in [3.8, 4) is 5.75 Å². The first-order valence-corrected chi connectivity index (χ1v) is 11.4. The van der Waals surface area contributed by atoms with Gasteiger partial charge in [0.05, 0.1) is 35.2 Å². The third-order valence-corrected chi connectivity index (χ3v) is 6.88. The van der Waals surface area contributed by atoms with Crippen molar-refractivity contribution in [2.75, 3.05) is 18.6 Å². The molecule has 0 unspecified atom stereocenters. The number of hydrogen-bond acceptors (Lipinski definition) is 7. The number of hydrogen-bond donors (Lipinski definition) is 0. The van der Waals surface area contributed by atoms with Crippen LogP contribution in [0.15, 0.2) is 60.8 Å². The van der Waals surface area contributed by atoms with E-state index in [1.165, 1.54) is 16.2 Å². The van der Waals surface area contributed by atoms with Gasteiger partial charge in [0.1, 0.15) is 17.8 Å². The minimum Gasteiger partial charge on any atom is -0.494 e. The van der Waals surface area contributed by atoms with Crippen LogP contribution in [0.2, 0.25) is 0 Å². The van der Waals surface area contributed by atoms with Crippen LogP contribution in [0.1, 0.15) is 32.0 Å². The highest BCUT2D eigenvalue weighted by Gasteiger charge is 2.37. The van der Waals surface area contributed by atoms with Gasteiger partial charge in [-0.25, -0.2) is 4.98 Å². The van der Waals surface area contributed by atoms with Gasteiger partial charge >= 0.3 is 0 Å². The molecule has 0 atom stereocenters. The molecule has 0 fully saturated rings. The fourth-order valence-corrected chi connectivity index (χ4v) is 4.97. The van der Waals surface area contributed by atoms with E-state index in [9.17, 15) is 14.4 Å². The first-order valence-electron chi connectivity index (χ1n) is 10.6. The first-order chi connectivity index (χ1) is 16.5. The number of anilines is 1. The topological polar surface area (TPSA) is 92.7 Å². The van der Waals surface area contributed by atoms with Crippen LogP contribution in [-0.2, 0) is 11.3 Å². The fourth-order valence-electron chi connectivity index (χ4n) is 3.90. The maximum Gasteiger partial charge on any atom is 0.262 e. The number of thiazole rings is 1. The Hall–Kier alpha value is -4.11. The third-order valence-electron chi connectivity index (χ3n) is 5.66. The number of amides is 3. The smallest absolute Gasteiger partial charge is 0.262 e. The number of carbonyl (C=O) groups excluding carboxylic acids is 3. The number of aryl methyl sites for hydroxylation is 1. The van der Waals surface area contributed by atoms with E-state index < -0.39 is 24.3 Å². The van der Waals surface area contributed by atoms with Gasteiger partial charge in [0.25, 0.3) is 11.8 Å². The normalized spacial score (nSPS) is 12.8. The number of fused-ring (bicyclic) bond motifs is 2. The summed E-state index contributed by atoms with van der Waals surface area (Å²) in [5.41, 5.74) is 2.92.